The molecule has 4 nitrogen and oxygen atoms in total. The van der Waals surface area contributed by atoms with Gasteiger partial charge in [0.1, 0.15) is 11.6 Å². The SMILES string of the molecule is CCCNC(C)c1cc(F)ccc1Oc1cnn(C)c1. The summed E-state index contributed by atoms with van der Waals surface area (Å²) in [5.41, 5.74) is 0.808. The standard InChI is InChI=1S/C15H20FN3O/c1-4-7-17-11(2)14-8-12(16)5-6-15(14)20-13-9-18-19(3)10-13/h5-6,8-11,17H,4,7H2,1-3H3. The molecule has 1 unspecified atom stereocenters. The van der Waals surface area contributed by atoms with Crippen molar-refractivity contribution in [3.8, 4) is 11.5 Å². The van der Waals surface area contributed by atoms with Gasteiger partial charge in [-0.15, -0.1) is 0 Å². The van der Waals surface area contributed by atoms with Crippen LogP contribution in [0.3, 0.4) is 0 Å². The summed E-state index contributed by atoms with van der Waals surface area (Å²) in [6, 6.07) is 4.60. The van der Waals surface area contributed by atoms with E-state index in [1.54, 1.807) is 23.1 Å². The second-order valence-corrected chi connectivity index (χ2v) is 4.81. The highest BCUT2D eigenvalue weighted by Crippen LogP contribution is 2.30. The van der Waals surface area contributed by atoms with Crippen molar-refractivity contribution in [2.75, 3.05) is 6.54 Å². The van der Waals surface area contributed by atoms with Gasteiger partial charge in [0, 0.05) is 18.7 Å². The first-order chi connectivity index (χ1) is 9.60. The fourth-order valence-corrected chi connectivity index (χ4v) is 2.00. The molecule has 1 aromatic carbocycles. The molecule has 0 radical (unpaired) electrons. The fourth-order valence-electron chi connectivity index (χ4n) is 2.00. The molecule has 5 heteroatoms. The molecule has 20 heavy (non-hydrogen) atoms. The zero-order valence-corrected chi connectivity index (χ0v) is 12.1. The van der Waals surface area contributed by atoms with Crippen LogP contribution in [0.25, 0.3) is 0 Å². The van der Waals surface area contributed by atoms with Crippen LogP contribution in [0.2, 0.25) is 0 Å². The van der Waals surface area contributed by atoms with E-state index in [9.17, 15) is 4.39 Å². The summed E-state index contributed by atoms with van der Waals surface area (Å²) in [5, 5.41) is 7.40. The van der Waals surface area contributed by atoms with Crippen molar-refractivity contribution in [3.63, 3.8) is 0 Å². The highest BCUT2D eigenvalue weighted by atomic mass is 19.1. The van der Waals surface area contributed by atoms with Crippen LogP contribution in [0, 0.1) is 5.82 Å². The van der Waals surface area contributed by atoms with Gasteiger partial charge >= 0.3 is 0 Å². The van der Waals surface area contributed by atoms with E-state index in [2.05, 4.69) is 17.3 Å². The van der Waals surface area contributed by atoms with Crippen molar-refractivity contribution in [1.29, 1.82) is 0 Å². The van der Waals surface area contributed by atoms with Gasteiger partial charge < -0.3 is 10.1 Å². The summed E-state index contributed by atoms with van der Waals surface area (Å²) in [6.45, 7) is 4.98. The summed E-state index contributed by atoms with van der Waals surface area (Å²) in [5.74, 6) is 1.03. The highest BCUT2D eigenvalue weighted by molar-refractivity contribution is 5.39. The first kappa shape index (κ1) is 14.5. The number of halogens is 1. The molecular formula is C15H20FN3O. The fraction of sp³-hybridized carbons (Fsp3) is 0.400. The summed E-state index contributed by atoms with van der Waals surface area (Å²) in [4.78, 5) is 0. The van der Waals surface area contributed by atoms with E-state index in [-0.39, 0.29) is 11.9 Å². The summed E-state index contributed by atoms with van der Waals surface area (Å²) < 4.78 is 20.9. The number of hydrogen-bond acceptors (Lipinski definition) is 3. The Bertz CT molecular complexity index is 568. The van der Waals surface area contributed by atoms with Gasteiger partial charge in [0.15, 0.2) is 5.75 Å². The van der Waals surface area contributed by atoms with Gasteiger partial charge in [0.25, 0.3) is 0 Å². The van der Waals surface area contributed by atoms with E-state index >= 15 is 0 Å². The quantitative estimate of drug-likeness (QED) is 0.879. The molecule has 2 aromatic rings. The number of hydrogen-bond donors (Lipinski definition) is 1. The molecule has 0 spiro atoms. The third kappa shape index (κ3) is 3.57. The van der Waals surface area contributed by atoms with Crippen molar-refractivity contribution in [1.82, 2.24) is 15.1 Å². The Morgan fingerprint density at radius 2 is 2.25 bits per heavy atom. The topological polar surface area (TPSA) is 39.1 Å². The summed E-state index contributed by atoms with van der Waals surface area (Å²) in [6.07, 6.45) is 4.44. The molecule has 2 rings (SSSR count). The maximum Gasteiger partial charge on any atom is 0.165 e. The highest BCUT2D eigenvalue weighted by Gasteiger charge is 2.13. The monoisotopic (exact) mass is 277 g/mol. The maximum absolute atomic E-state index is 13.5. The Balaban J connectivity index is 2.23. The van der Waals surface area contributed by atoms with E-state index in [1.807, 2.05) is 14.0 Å². The van der Waals surface area contributed by atoms with Crippen LogP contribution in [-0.4, -0.2) is 16.3 Å². The lowest BCUT2D eigenvalue weighted by atomic mass is 10.1. The molecule has 0 aliphatic carbocycles. The van der Waals surface area contributed by atoms with Crippen LogP contribution in [-0.2, 0) is 7.05 Å². The smallest absolute Gasteiger partial charge is 0.165 e. The predicted molar refractivity (Wildman–Crippen MR) is 76.4 cm³/mol. The third-order valence-electron chi connectivity index (χ3n) is 3.05. The molecule has 0 saturated heterocycles. The van der Waals surface area contributed by atoms with Crippen molar-refractivity contribution in [2.24, 2.45) is 7.05 Å². The zero-order valence-electron chi connectivity index (χ0n) is 12.1. The van der Waals surface area contributed by atoms with Gasteiger partial charge in [-0.1, -0.05) is 6.92 Å². The van der Waals surface area contributed by atoms with Gasteiger partial charge in [-0.05, 0) is 38.1 Å². The number of rotatable bonds is 6. The lowest BCUT2D eigenvalue weighted by Crippen LogP contribution is -2.19. The average Bonchev–Trinajstić information content (AvgIpc) is 2.83. The summed E-state index contributed by atoms with van der Waals surface area (Å²) >= 11 is 0. The Morgan fingerprint density at radius 1 is 1.45 bits per heavy atom. The molecule has 1 atom stereocenters. The van der Waals surface area contributed by atoms with Crippen LogP contribution in [0.15, 0.2) is 30.6 Å². The molecule has 0 aliphatic rings. The van der Waals surface area contributed by atoms with Crippen molar-refractivity contribution in [3.05, 3.63) is 42.0 Å². The van der Waals surface area contributed by atoms with Crippen LogP contribution < -0.4 is 10.1 Å². The Hall–Kier alpha value is -1.88. The molecule has 108 valence electrons. The van der Waals surface area contributed by atoms with Crippen molar-refractivity contribution < 1.29 is 9.13 Å². The number of aromatic nitrogens is 2. The summed E-state index contributed by atoms with van der Waals surface area (Å²) in [7, 11) is 1.82. The van der Waals surface area contributed by atoms with E-state index in [1.165, 1.54) is 12.1 Å². The second kappa shape index (κ2) is 6.52. The van der Waals surface area contributed by atoms with Crippen LogP contribution >= 0.6 is 0 Å². The van der Waals surface area contributed by atoms with Gasteiger partial charge in [0.2, 0.25) is 0 Å². The molecule has 1 N–H and O–H groups in total. The number of nitrogens with one attached hydrogen (secondary N) is 1. The number of aryl methyl sites for hydroxylation is 1. The van der Waals surface area contributed by atoms with Gasteiger partial charge in [-0.2, -0.15) is 5.10 Å². The number of benzene rings is 1. The van der Waals surface area contributed by atoms with E-state index in [0.29, 0.717) is 11.5 Å². The molecule has 0 saturated carbocycles. The van der Waals surface area contributed by atoms with Crippen LogP contribution in [0.5, 0.6) is 11.5 Å². The zero-order chi connectivity index (χ0) is 14.5. The van der Waals surface area contributed by atoms with Gasteiger partial charge in [-0.25, -0.2) is 4.39 Å². The number of ether oxygens (including phenoxy) is 1. The molecule has 0 fully saturated rings. The van der Waals surface area contributed by atoms with Crippen molar-refractivity contribution >= 4 is 0 Å². The molecular weight excluding hydrogens is 257 g/mol. The molecule has 0 amide bonds. The van der Waals surface area contributed by atoms with Crippen LogP contribution in [0.1, 0.15) is 31.9 Å². The van der Waals surface area contributed by atoms with E-state index in [0.717, 1.165) is 18.5 Å². The first-order valence-electron chi connectivity index (χ1n) is 6.79. The molecule has 0 bridgehead atoms. The van der Waals surface area contributed by atoms with E-state index < -0.39 is 0 Å². The Kier molecular flexibility index (Phi) is 4.74. The Labute approximate surface area is 118 Å². The van der Waals surface area contributed by atoms with E-state index in [4.69, 9.17) is 4.74 Å². The molecule has 0 aliphatic heterocycles. The molecule has 1 aromatic heterocycles. The van der Waals surface area contributed by atoms with Gasteiger partial charge in [0.05, 0.1) is 12.4 Å². The minimum absolute atomic E-state index is 0.0253. The van der Waals surface area contributed by atoms with Gasteiger partial charge in [-0.3, -0.25) is 4.68 Å². The minimum atomic E-state index is -0.260. The third-order valence-corrected chi connectivity index (χ3v) is 3.05. The normalized spacial score (nSPS) is 12.4. The number of nitrogens with zero attached hydrogens (tertiary/aromatic N) is 2. The van der Waals surface area contributed by atoms with Crippen molar-refractivity contribution in [2.45, 2.75) is 26.3 Å². The average molecular weight is 277 g/mol. The molecule has 1 heterocycles. The lowest BCUT2D eigenvalue weighted by Gasteiger charge is -2.17. The lowest BCUT2D eigenvalue weighted by molar-refractivity contribution is 0.457. The maximum atomic E-state index is 13.5. The first-order valence-corrected chi connectivity index (χ1v) is 6.79. The van der Waals surface area contributed by atoms with Crippen LogP contribution in [0.4, 0.5) is 4.39 Å². The predicted octanol–water partition coefficient (Wildman–Crippen LogP) is 3.41. The minimum Gasteiger partial charge on any atom is -0.454 e. The largest absolute Gasteiger partial charge is 0.454 e. The second-order valence-electron chi connectivity index (χ2n) is 4.81. The Morgan fingerprint density at radius 3 is 2.90 bits per heavy atom.